The van der Waals surface area contributed by atoms with Crippen molar-refractivity contribution in [2.75, 3.05) is 26.4 Å². The standard InChI is InChI=1S/C40H77O10P/c1-3-5-7-9-11-13-15-17-18-20-21-23-25-27-29-31-39(43)47-35-38(36-49-51(45,46)48-34-37(42)33-41)50-40(44)32-30-28-26-24-22-19-16-14-12-10-8-6-4-2/h14,16,37-38,41-42H,3-13,15,17-36H2,1-2H3,(H,45,46)/b16-14+/t37-,38+/m0/s1. The molecular formula is C40H77O10P. The number of esters is 2. The highest BCUT2D eigenvalue weighted by Gasteiger charge is 2.27. The van der Waals surface area contributed by atoms with Crippen LogP contribution in [0.2, 0.25) is 0 Å². The molecule has 11 heteroatoms. The lowest BCUT2D eigenvalue weighted by atomic mass is 10.0. The first-order chi connectivity index (χ1) is 24.7. The lowest BCUT2D eigenvalue weighted by Gasteiger charge is -2.20. The van der Waals surface area contributed by atoms with Gasteiger partial charge in [0.2, 0.25) is 0 Å². The Balaban J connectivity index is 4.30. The van der Waals surface area contributed by atoms with Gasteiger partial charge in [0.25, 0.3) is 0 Å². The minimum Gasteiger partial charge on any atom is -0.462 e. The van der Waals surface area contributed by atoms with Crippen LogP contribution in [-0.4, -0.2) is 65.7 Å². The number of allylic oxidation sites excluding steroid dienone is 2. The van der Waals surface area contributed by atoms with E-state index in [9.17, 15) is 24.2 Å². The summed E-state index contributed by atoms with van der Waals surface area (Å²) >= 11 is 0. The molecule has 0 spiro atoms. The van der Waals surface area contributed by atoms with E-state index in [1.165, 1.54) is 96.3 Å². The van der Waals surface area contributed by atoms with E-state index in [0.717, 1.165) is 57.8 Å². The van der Waals surface area contributed by atoms with Crippen LogP contribution in [0.25, 0.3) is 0 Å². The molecule has 0 saturated carbocycles. The Kier molecular flexibility index (Phi) is 36.1. The van der Waals surface area contributed by atoms with Gasteiger partial charge in [-0.15, -0.1) is 0 Å². The van der Waals surface area contributed by atoms with Crippen molar-refractivity contribution >= 4 is 19.8 Å². The summed E-state index contributed by atoms with van der Waals surface area (Å²) < 4.78 is 32.6. The number of phosphoric ester groups is 1. The third-order valence-electron chi connectivity index (χ3n) is 8.92. The van der Waals surface area contributed by atoms with Gasteiger partial charge in [0.15, 0.2) is 6.10 Å². The molecule has 0 rings (SSSR count). The maximum absolute atomic E-state index is 12.6. The molecule has 0 aromatic rings. The van der Waals surface area contributed by atoms with Gasteiger partial charge in [-0.3, -0.25) is 18.6 Å². The topological polar surface area (TPSA) is 149 Å². The number of carbonyl (C=O) groups excluding carboxylic acids is 2. The van der Waals surface area contributed by atoms with Crippen LogP contribution in [0.15, 0.2) is 12.2 Å². The second kappa shape index (κ2) is 37.0. The summed E-state index contributed by atoms with van der Waals surface area (Å²) in [5, 5.41) is 18.3. The van der Waals surface area contributed by atoms with Gasteiger partial charge in [0.1, 0.15) is 12.7 Å². The van der Waals surface area contributed by atoms with E-state index >= 15 is 0 Å². The molecule has 0 aliphatic rings. The van der Waals surface area contributed by atoms with Crippen molar-refractivity contribution in [2.24, 2.45) is 0 Å². The smallest absolute Gasteiger partial charge is 0.462 e. The zero-order chi connectivity index (χ0) is 37.7. The molecule has 0 amide bonds. The number of carbonyl (C=O) groups is 2. The highest BCUT2D eigenvalue weighted by Crippen LogP contribution is 2.43. The number of hydrogen-bond acceptors (Lipinski definition) is 9. The summed E-state index contributed by atoms with van der Waals surface area (Å²) in [6.45, 7) is 2.37. The quantitative estimate of drug-likeness (QED) is 0.0240. The van der Waals surface area contributed by atoms with E-state index in [1.807, 2.05) is 0 Å². The monoisotopic (exact) mass is 749 g/mol. The molecule has 51 heavy (non-hydrogen) atoms. The fourth-order valence-electron chi connectivity index (χ4n) is 5.69. The van der Waals surface area contributed by atoms with Gasteiger partial charge in [-0.05, 0) is 38.5 Å². The van der Waals surface area contributed by atoms with E-state index in [4.69, 9.17) is 19.1 Å². The third-order valence-corrected chi connectivity index (χ3v) is 9.87. The second-order valence-electron chi connectivity index (χ2n) is 14.0. The van der Waals surface area contributed by atoms with Crippen molar-refractivity contribution in [1.82, 2.24) is 0 Å². The van der Waals surface area contributed by atoms with Crippen molar-refractivity contribution in [2.45, 2.75) is 206 Å². The molecule has 0 fully saturated rings. The largest absolute Gasteiger partial charge is 0.472 e. The average Bonchev–Trinajstić information content (AvgIpc) is 3.12. The molecule has 0 radical (unpaired) electrons. The van der Waals surface area contributed by atoms with Gasteiger partial charge >= 0.3 is 19.8 Å². The summed E-state index contributed by atoms with van der Waals surface area (Å²) in [5.41, 5.74) is 0. The molecule has 0 heterocycles. The van der Waals surface area contributed by atoms with E-state index in [-0.39, 0.29) is 19.4 Å². The number of aliphatic hydroxyl groups excluding tert-OH is 2. The van der Waals surface area contributed by atoms with Crippen LogP contribution >= 0.6 is 7.82 Å². The molecule has 0 aliphatic heterocycles. The van der Waals surface area contributed by atoms with Crippen LogP contribution < -0.4 is 0 Å². The first-order valence-corrected chi connectivity index (χ1v) is 22.1. The molecular weight excluding hydrogens is 671 g/mol. The first-order valence-electron chi connectivity index (χ1n) is 20.6. The lowest BCUT2D eigenvalue weighted by molar-refractivity contribution is -0.161. The van der Waals surface area contributed by atoms with E-state index in [0.29, 0.717) is 12.8 Å². The normalized spacial score (nSPS) is 14.1. The van der Waals surface area contributed by atoms with Crippen molar-refractivity contribution < 1.29 is 47.8 Å². The SMILES string of the molecule is CCCCCC/C=C/CCCCCCCC(=O)O[C@H](COC(=O)CCCCCCCCCCCCCCCCC)COP(=O)(O)OC[C@@H](O)CO. The summed E-state index contributed by atoms with van der Waals surface area (Å²) in [7, 11) is -4.61. The third kappa shape index (κ3) is 36.8. The molecule has 0 aromatic carbocycles. The molecule has 0 aliphatic carbocycles. The molecule has 0 aromatic heterocycles. The molecule has 1 unspecified atom stereocenters. The average molecular weight is 749 g/mol. The Morgan fingerprint density at radius 1 is 0.569 bits per heavy atom. The maximum Gasteiger partial charge on any atom is 0.472 e. The van der Waals surface area contributed by atoms with Gasteiger partial charge in [0, 0.05) is 12.8 Å². The summed E-state index contributed by atoms with van der Waals surface area (Å²) in [5.74, 6) is -0.927. The maximum atomic E-state index is 12.6. The fourth-order valence-corrected chi connectivity index (χ4v) is 6.48. The minimum absolute atomic E-state index is 0.178. The number of unbranched alkanes of at least 4 members (excludes halogenated alkanes) is 23. The van der Waals surface area contributed by atoms with Crippen LogP contribution in [0.4, 0.5) is 0 Å². The molecule has 10 nitrogen and oxygen atoms in total. The summed E-state index contributed by atoms with van der Waals surface area (Å²) in [6.07, 6.45) is 33.2. The Labute approximate surface area is 311 Å². The highest BCUT2D eigenvalue weighted by atomic mass is 31.2. The van der Waals surface area contributed by atoms with Gasteiger partial charge < -0.3 is 24.6 Å². The van der Waals surface area contributed by atoms with Crippen LogP contribution in [0.3, 0.4) is 0 Å². The Morgan fingerprint density at radius 2 is 0.961 bits per heavy atom. The van der Waals surface area contributed by atoms with Crippen molar-refractivity contribution in [3.63, 3.8) is 0 Å². The number of hydrogen-bond donors (Lipinski definition) is 3. The zero-order valence-electron chi connectivity index (χ0n) is 32.6. The van der Waals surface area contributed by atoms with Crippen molar-refractivity contribution in [3.8, 4) is 0 Å². The van der Waals surface area contributed by atoms with Crippen LogP contribution in [-0.2, 0) is 32.7 Å². The van der Waals surface area contributed by atoms with Gasteiger partial charge in [0.05, 0.1) is 19.8 Å². The molecule has 0 bridgehead atoms. The van der Waals surface area contributed by atoms with Gasteiger partial charge in [-0.1, -0.05) is 154 Å². The molecule has 0 saturated heterocycles. The summed E-state index contributed by atoms with van der Waals surface area (Å²) in [4.78, 5) is 34.9. The second-order valence-corrected chi connectivity index (χ2v) is 15.5. The fraction of sp³-hybridized carbons (Fsp3) is 0.900. The molecule has 302 valence electrons. The number of phosphoric acid groups is 1. The Bertz CT molecular complexity index is 868. The van der Waals surface area contributed by atoms with Crippen molar-refractivity contribution in [1.29, 1.82) is 0 Å². The summed E-state index contributed by atoms with van der Waals surface area (Å²) in [6, 6.07) is 0. The highest BCUT2D eigenvalue weighted by molar-refractivity contribution is 7.47. The first kappa shape index (κ1) is 49.7. The Morgan fingerprint density at radius 3 is 1.43 bits per heavy atom. The molecule has 3 N–H and O–H groups in total. The van der Waals surface area contributed by atoms with Crippen LogP contribution in [0.1, 0.15) is 194 Å². The predicted molar refractivity (Wildman–Crippen MR) is 205 cm³/mol. The van der Waals surface area contributed by atoms with Crippen LogP contribution in [0.5, 0.6) is 0 Å². The van der Waals surface area contributed by atoms with E-state index in [1.54, 1.807) is 0 Å². The van der Waals surface area contributed by atoms with Gasteiger partial charge in [-0.25, -0.2) is 4.57 Å². The zero-order valence-corrected chi connectivity index (χ0v) is 33.5. The predicted octanol–water partition coefficient (Wildman–Crippen LogP) is 10.4. The lowest BCUT2D eigenvalue weighted by Crippen LogP contribution is -2.29. The number of rotatable bonds is 39. The molecule has 3 atom stereocenters. The van der Waals surface area contributed by atoms with Crippen LogP contribution in [0, 0.1) is 0 Å². The van der Waals surface area contributed by atoms with Crippen molar-refractivity contribution in [3.05, 3.63) is 12.2 Å². The number of aliphatic hydroxyl groups is 2. The number of ether oxygens (including phenoxy) is 2. The Hall–Kier alpha value is -1.29. The van der Waals surface area contributed by atoms with Gasteiger partial charge in [-0.2, -0.15) is 0 Å². The van der Waals surface area contributed by atoms with E-state index < -0.39 is 51.8 Å². The minimum atomic E-state index is -4.61. The van der Waals surface area contributed by atoms with E-state index in [2.05, 4.69) is 30.5 Å².